The molecular formula is C29H47NOS. The molecule has 2 aliphatic carbocycles. The molecule has 1 N–H and O–H groups in total. The molecule has 2 unspecified atom stereocenters. The van der Waals surface area contributed by atoms with Gasteiger partial charge in [0.25, 0.3) is 5.17 Å². The lowest BCUT2D eigenvalue weighted by Crippen LogP contribution is -2.39. The van der Waals surface area contributed by atoms with Crippen LogP contribution in [0.5, 0.6) is 0 Å². The zero-order valence-electron chi connectivity index (χ0n) is 21.3. The summed E-state index contributed by atoms with van der Waals surface area (Å²) < 4.78 is 5.77. The second-order valence-electron chi connectivity index (χ2n) is 10.5. The first-order chi connectivity index (χ1) is 15.3. The van der Waals surface area contributed by atoms with Gasteiger partial charge in [0, 0.05) is 6.04 Å². The molecule has 0 radical (unpaired) electrons. The van der Waals surface area contributed by atoms with Gasteiger partial charge in [-0.25, -0.2) is 0 Å². The summed E-state index contributed by atoms with van der Waals surface area (Å²) in [6, 6.07) is 0.531. The van der Waals surface area contributed by atoms with Crippen molar-refractivity contribution in [2.45, 2.75) is 111 Å². The first-order valence-electron chi connectivity index (χ1n) is 12.8. The third-order valence-corrected chi connectivity index (χ3v) is 7.24. The summed E-state index contributed by atoms with van der Waals surface area (Å²) in [7, 11) is 0. The predicted octanol–water partition coefficient (Wildman–Crippen LogP) is 8.60. The van der Waals surface area contributed by atoms with E-state index in [9.17, 15) is 0 Å². The fourth-order valence-corrected chi connectivity index (χ4v) is 5.32. The van der Waals surface area contributed by atoms with E-state index in [0.717, 1.165) is 43.9 Å². The number of ether oxygens (including phenoxy) is 1. The van der Waals surface area contributed by atoms with E-state index in [1.54, 1.807) is 0 Å². The van der Waals surface area contributed by atoms with Crippen molar-refractivity contribution in [3.63, 3.8) is 0 Å². The summed E-state index contributed by atoms with van der Waals surface area (Å²) in [6.45, 7) is 11.6. The number of thiocarbonyl (C=S) groups is 1. The molecule has 0 aromatic rings. The molecule has 2 bridgehead atoms. The van der Waals surface area contributed by atoms with Crippen molar-refractivity contribution in [1.29, 1.82) is 0 Å². The van der Waals surface area contributed by atoms with Crippen LogP contribution >= 0.6 is 12.2 Å². The van der Waals surface area contributed by atoms with E-state index in [4.69, 9.17) is 17.0 Å². The average Bonchev–Trinajstić information content (AvgIpc) is 3.05. The van der Waals surface area contributed by atoms with Crippen molar-refractivity contribution in [2.24, 2.45) is 11.8 Å². The highest BCUT2D eigenvalue weighted by atomic mass is 32.1. The lowest BCUT2D eigenvalue weighted by molar-refractivity contribution is 0.277. The smallest absolute Gasteiger partial charge is 0.257 e. The molecule has 0 aliphatic heterocycles. The highest BCUT2D eigenvalue weighted by Crippen LogP contribution is 2.41. The second kappa shape index (κ2) is 14.7. The summed E-state index contributed by atoms with van der Waals surface area (Å²) in [5.74, 6) is 1.83. The first-order valence-corrected chi connectivity index (χ1v) is 13.3. The van der Waals surface area contributed by atoms with Crippen LogP contribution in [-0.4, -0.2) is 17.8 Å². The fraction of sp³-hybridized carbons (Fsp3) is 0.690. The van der Waals surface area contributed by atoms with Crippen LogP contribution in [-0.2, 0) is 4.74 Å². The Bertz CT molecular complexity index is 699. The maximum absolute atomic E-state index is 5.77. The summed E-state index contributed by atoms with van der Waals surface area (Å²) in [5.41, 5.74) is 5.80. The normalized spacial score (nSPS) is 23.8. The summed E-state index contributed by atoms with van der Waals surface area (Å²) in [4.78, 5) is 0. The predicted molar refractivity (Wildman–Crippen MR) is 144 cm³/mol. The van der Waals surface area contributed by atoms with E-state index >= 15 is 0 Å². The minimum absolute atomic E-state index is 0.531. The molecule has 0 saturated heterocycles. The highest BCUT2D eigenvalue weighted by molar-refractivity contribution is 7.80. The molecule has 0 aromatic carbocycles. The number of allylic oxidation sites excluding steroid dienone is 7. The molecule has 2 aliphatic rings. The highest BCUT2D eigenvalue weighted by Gasteiger charge is 2.34. The Hall–Kier alpha value is -1.35. The second-order valence-corrected chi connectivity index (χ2v) is 10.9. The van der Waals surface area contributed by atoms with Crippen LogP contribution in [0.4, 0.5) is 0 Å². The van der Waals surface area contributed by atoms with E-state index < -0.39 is 0 Å². The third kappa shape index (κ3) is 11.5. The molecule has 2 nitrogen and oxygen atoms in total. The molecule has 180 valence electrons. The molecule has 0 spiro atoms. The Morgan fingerprint density at radius 3 is 1.78 bits per heavy atom. The van der Waals surface area contributed by atoms with Gasteiger partial charge in [0.15, 0.2) is 0 Å². The van der Waals surface area contributed by atoms with Crippen LogP contribution in [0.15, 0.2) is 46.6 Å². The van der Waals surface area contributed by atoms with Gasteiger partial charge in [-0.3, -0.25) is 0 Å². The first kappa shape index (κ1) is 26.9. The Kier molecular flexibility index (Phi) is 12.4. The molecule has 32 heavy (non-hydrogen) atoms. The fourth-order valence-electron chi connectivity index (χ4n) is 5.08. The Balaban J connectivity index is 1.56. The van der Waals surface area contributed by atoms with Crippen LogP contribution < -0.4 is 5.32 Å². The number of hydrogen-bond donors (Lipinski definition) is 1. The van der Waals surface area contributed by atoms with Crippen molar-refractivity contribution in [3.05, 3.63) is 46.6 Å². The van der Waals surface area contributed by atoms with Gasteiger partial charge < -0.3 is 10.1 Å². The van der Waals surface area contributed by atoms with E-state index in [0.29, 0.717) is 17.8 Å². The van der Waals surface area contributed by atoms with Crippen LogP contribution in [0.1, 0.15) is 105 Å². The van der Waals surface area contributed by atoms with Gasteiger partial charge in [0.2, 0.25) is 0 Å². The average molecular weight is 458 g/mol. The van der Waals surface area contributed by atoms with Gasteiger partial charge >= 0.3 is 0 Å². The standard InChI is InChI=1S/C29H47NOS/c1-22(2)9-6-10-23(3)11-7-12-24(4)13-8-14-25(5)17-18-31-29(32)30-28-20-26-15-16-27(19-26)21-28/h9,11,13,17,26-28H,6-8,10,12,14-16,18-21H2,1-5H3,(H,30,32). The topological polar surface area (TPSA) is 21.3 Å². The van der Waals surface area contributed by atoms with Crippen molar-refractivity contribution in [1.82, 2.24) is 5.32 Å². The quantitative estimate of drug-likeness (QED) is 0.234. The lowest BCUT2D eigenvalue weighted by atomic mass is 9.86. The molecule has 0 amide bonds. The van der Waals surface area contributed by atoms with Gasteiger partial charge in [0.1, 0.15) is 6.61 Å². The van der Waals surface area contributed by atoms with Crippen LogP contribution in [0.3, 0.4) is 0 Å². The molecule has 0 aromatic heterocycles. The minimum atomic E-state index is 0.531. The molecule has 2 saturated carbocycles. The number of fused-ring (bicyclic) bond motifs is 2. The SMILES string of the molecule is CC(C)=CCCC(C)=CCCC(C)=CCCC(C)=CCOC(=S)NC1CC2CCC(C2)C1. The van der Waals surface area contributed by atoms with Crippen LogP contribution in [0, 0.1) is 11.8 Å². The van der Waals surface area contributed by atoms with Crippen LogP contribution in [0.2, 0.25) is 0 Å². The Morgan fingerprint density at radius 2 is 1.25 bits per heavy atom. The van der Waals surface area contributed by atoms with Gasteiger partial charge in [-0.2, -0.15) is 0 Å². The van der Waals surface area contributed by atoms with E-state index in [1.165, 1.54) is 60.8 Å². The molecule has 2 fully saturated rings. The van der Waals surface area contributed by atoms with Crippen LogP contribution in [0.25, 0.3) is 0 Å². The maximum Gasteiger partial charge on any atom is 0.257 e. The number of nitrogens with one attached hydrogen (secondary N) is 1. The maximum atomic E-state index is 5.77. The lowest BCUT2D eigenvalue weighted by Gasteiger charge is -2.28. The zero-order chi connectivity index (χ0) is 23.3. The number of hydrogen-bond acceptors (Lipinski definition) is 2. The summed E-state index contributed by atoms with van der Waals surface area (Å²) in [6.07, 6.45) is 23.0. The Morgan fingerprint density at radius 1 is 0.750 bits per heavy atom. The summed E-state index contributed by atoms with van der Waals surface area (Å²) in [5, 5.41) is 4.04. The van der Waals surface area contributed by atoms with Crippen molar-refractivity contribution < 1.29 is 4.74 Å². The molecule has 3 heteroatoms. The van der Waals surface area contributed by atoms with Gasteiger partial charge in [-0.15, -0.1) is 0 Å². The molecule has 2 atom stereocenters. The van der Waals surface area contributed by atoms with Gasteiger partial charge in [-0.1, -0.05) is 53.4 Å². The zero-order valence-corrected chi connectivity index (χ0v) is 22.2. The number of rotatable bonds is 12. The van der Waals surface area contributed by atoms with Crippen molar-refractivity contribution in [3.8, 4) is 0 Å². The van der Waals surface area contributed by atoms with E-state index in [1.807, 2.05) is 0 Å². The van der Waals surface area contributed by atoms with Gasteiger partial charge in [0.05, 0.1) is 0 Å². The van der Waals surface area contributed by atoms with Crippen molar-refractivity contribution >= 4 is 17.4 Å². The largest absolute Gasteiger partial charge is 0.467 e. The van der Waals surface area contributed by atoms with E-state index in [-0.39, 0.29) is 0 Å². The van der Waals surface area contributed by atoms with Crippen molar-refractivity contribution in [2.75, 3.05) is 6.61 Å². The van der Waals surface area contributed by atoms with Gasteiger partial charge in [-0.05, 0) is 123 Å². The molecule has 2 rings (SSSR count). The molecule has 0 heterocycles. The van der Waals surface area contributed by atoms with E-state index in [2.05, 4.69) is 64.2 Å². The third-order valence-electron chi connectivity index (χ3n) is 7.01. The molecular weight excluding hydrogens is 410 g/mol. The summed E-state index contributed by atoms with van der Waals surface area (Å²) >= 11 is 5.42. The monoisotopic (exact) mass is 457 g/mol. The minimum Gasteiger partial charge on any atom is -0.467 e. The Labute approximate surface area is 203 Å².